The lowest BCUT2D eigenvalue weighted by molar-refractivity contribution is 0.0717. The summed E-state index contributed by atoms with van der Waals surface area (Å²) in [6.07, 6.45) is 1.87. The molecular formula is C15H9BrO2. The van der Waals surface area contributed by atoms with Gasteiger partial charge in [-0.05, 0) is 29.8 Å². The molecule has 0 N–H and O–H groups in total. The van der Waals surface area contributed by atoms with Crippen molar-refractivity contribution < 1.29 is 9.53 Å². The van der Waals surface area contributed by atoms with Crippen molar-refractivity contribution in [2.24, 2.45) is 0 Å². The minimum atomic E-state index is -0.292. The van der Waals surface area contributed by atoms with E-state index in [1.807, 2.05) is 48.5 Å². The van der Waals surface area contributed by atoms with Gasteiger partial charge in [-0.15, -0.1) is 0 Å². The van der Waals surface area contributed by atoms with Crippen molar-refractivity contribution in [3.8, 4) is 0 Å². The maximum Gasteiger partial charge on any atom is 0.344 e. The van der Waals surface area contributed by atoms with E-state index in [0.717, 1.165) is 15.6 Å². The molecule has 88 valence electrons. The van der Waals surface area contributed by atoms with Crippen LogP contribution in [0.3, 0.4) is 0 Å². The Bertz CT molecular complexity index is 645. The van der Waals surface area contributed by atoms with Gasteiger partial charge in [0, 0.05) is 10.0 Å². The third-order valence-electron chi connectivity index (χ3n) is 2.77. The monoisotopic (exact) mass is 300 g/mol. The van der Waals surface area contributed by atoms with Crippen molar-refractivity contribution in [3.05, 3.63) is 69.7 Å². The molecule has 1 aliphatic rings. The molecule has 0 radical (unpaired) electrons. The van der Waals surface area contributed by atoms with Gasteiger partial charge in [0.2, 0.25) is 0 Å². The predicted octanol–water partition coefficient (Wildman–Crippen LogP) is 4.12. The van der Waals surface area contributed by atoms with Crippen LogP contribution < -0.4 is 0 Å². The summed E-state index contributed by atoms with van der Waals surface area (Å²) >= 11 is 3.40. The van der Waals surface area contributed by atoms with Crippen molar-refractivity contribution >= 4 is 33.7 Å². The van der Waals surface area contributed by atoms with Crippen molar-refractivity contribution in [2.75, 3.05) is 0 Å². The van der Waals surface area contributed by atoms with Crippen LogP contribution in [-0.2, 0) is 4.74 Å². The molecule has 0 saturated heterocycles. The summed E-state index contributed by atoms with van der Waals surface area (Å²) in [5, 5.41) is 0. The molecule has 0 saturated carbocycles. The molecule has 2 nitrogen and oxygen atoms in total. The molecule has 2 aromatic carbocycles. The summed E-state index contributed by atoms with van der Waals surface area (Å²) in [5.74, 6) is 0.308. The van der Waals surface area contributed by atoms with Crippen molar-refractivity contribution in [2.45, 2.75) is 0 Å². The molecule has 0 amide bonds. The summed E-state index contributed by atoms with van der Waals surface area (Å²) in [5.41, 5.74) is 2.45. The zero-order chi connectivity index (χ0) is 12.5. The number of halogens is 1. The Morgan fingerprint density at radius 1 is 1.00 bits per heavy atom. The van der Waals surface area contributed by atoms with Crippen LogP contribution in [0.5, 0.6) is 0 Å². The van der Waals surface area contributed by atoms with Crippen molar-refractivity contribution in [1.29, 1.82) is 0 Å². The average Bonchev–Trinajstić information content (AvgIpc) is 2.67. The molecule has 3 heteroatoms. The van der Waals surface area contributed by atoms with Gasteiger partial charge in [-0.1, -0.05) is 46.3 Å². The second-order valence-electron chi connectivity index (χ2n) is 4.00. The number of esters is 1. The lowest BCUT2D eigenvalue weighted by Crippen LogP contribution is -1.92. The highest BCUT2D eigenvalue weighted by Crippen LogP contribution is 2.33. The molecule has 1 aliphatic heterocycles. The Kier molecular flexibility index (Phi) is 2.76. The minimum Gasteiger partial charge on any atom is -0.422 e. The Morgan fingerprint density at radius 3 is 2.56 bits per heavy atom. The van der Waals surface area contributed by atoms with Gasteiger partial charge in [-0.3, -0.25) is 0 Å². The molecule has 0 fully saturated rings. The SMILES string of the molecule is O=C1O/C(=C/c2ccccc2)c2cc(Br)ccc21. The zero-order valence-electron chi connectivity index (χ0n) is 9.39. The molecule has 2 aromatic rings. The standard InChI is InChI=1S/C15H9BrO2/c16-11-6-7-12-13(9-11)14(18-15(12)17)8-10-4-2-1-3-5-10/h1-9H/b14-8+. The first-order valence-electron chi connectivity index (χ1n) is 5.53. The van der Waals surface area contributed by atoms with Crippen LogP contribution in [0.2, 0.25) is 0 Å². The second-order valence-corrected chi connectivity index (χ2v) is 4.91. The number of carbonyl (C=O) groups is 1. The van der Waals surface area contributed by atoms with E-state index >= 15 is 0 Å². The zero-order valence-corrected chi connectivity index (χ0v) is 11.0. The predicted molar refractivity (Wildman–Crippen MR) is 73.9 cm³/mol. The maximum atomic E-state index is 11.7. The maximum absolute atomic E-state index is 11.7. The van der Waals surface area contributed by atoms with Crippen LogP contribution >= 0.6 is 15.9 Å². The molecule has 0 unspecified atom stereocenters. The smallest absolute Gasteiger partial charge is 0.344 e. The number of hydrogen-bond donors (Lipinski definition) is 0. The highest BCUT2D eigenvalue weighted by molar-refractivity contribution is 9.10. The largest absolute Gasteiger partial charge is 0.422 e. The third-order valence-corrected chi connectivity index (χ3v) is 3.26. The van der Waals surface area contributed by atoms with E-state index in [2.05, 4.69) is 15.9 Å². The Morgan fingerprint density at radius 2 is 1.78 bits per heavy atom. The fraction of sp³-hybridized carbons (Fsp3) is 0. The summed E-state index contributed by atoms with van der Waals surface area (Å²) in [6.45, 7) is 0. The lowest BCUT2D eigenvalue weighted by Gasteiger charge is -1.99. The van der Waals surface area contributed by atoms with Gasteiger partial charge >= 0.3 is 5.97 Å². The number of fused-ring (bicyclic) bond motifs is 1. The number of benzene rings is 2. The van der Waals surface area contributed by atoms with E-state index in [4.69, 9.17) is 4.74 Å². The summed E-state index contributed by atoms with van der Waals surface area (Å²) in [7, 11) is 0. The number of cyclic esters (lactones) is 1. The van der Waals surface area contributed by atoms with E-state index in [9.17, 15) is 4.79 Å². The summed E-state index contributed by atoms with van der Waals surface area (Å²) in [6, 6.07) is 15.3. The highest BCUT2D eigenvalue weighted by Gasteiger charge is 2.26. The van der Waals surface area contributed by atoms with E-state index in [1.165, 1.54) is 0 Å². The molecule has 18 heavy (non-hydrogen) atoms. The van der Waals surface area contributed by atoms with Crippen LogP contribution in [0.15, 0.2) is 53.0 Å². The fourth-order valence-electron chi connectivity index (χ4n) is 1.92. The average molecular weight is 301 g/mol. The third kappa shape index (κ3) is 1.97. The van der Waals surface area contributed by atoms with Gasteiger partial charge in [0.15, 0.2) is 0 Å². The van der Waals surface area contributed by atoms with Gasteiger partial charge in [-0.2, -0.15) is 0 Å². The molecule has 0 spiro atoms. The van der Waals surface area contributed by atoms with E-state index in [-0.39, 0.29) is 5.97 Å². The van der Waals surface area contributed by atoms with Crippen LogP contribution in [0.4, 0.5) is 0 Å². The Balaban J connectivity index is 2.10. The minimum absolute atomic E-state index is 0.292. The fourth-order valence-corrected chi connectivity index (χ4v) is 2.28. The Labute approximate surface area is 113 Å². The Hall–Kier alpha value is -1.87. The lowest BCUT2D eigenvalue weighted by atomic mass is 10.1. The van der Waals surface area contributed by atoms with Crippen LogP contribution in [-0.4, -0.2) is 5.97 Å². The summed E-state index contributed by atoms with van der Waals surface area (Å²) < 4.78 is 6.22. The van der Waals surface area contributed by atoms with Crippen LogP contribution in [0.1, 0.15) is 21.5 Å². The highest BCUT2D eigenvalue weighted by atomic mass is 79.9. The van der Waals surface area contributed by atoms with Gasteiger partial charge in [0.25, 0.3) is 0 Å². The first-order chi connectivity index (χ1) is 8.74. The van der Waals surface area contributed by atoms with Crippen LogP contribution in [0, 0.1) is 0 Å². The van der Waals surface area contributed by atoms with E-state index in [1.54, 1.807) is 6.07 Å². The van der Waals surface area contributed by atoms with Gasteiger partial charge in [0.05, 0.1) is 5.56 Å². The van der Waals surface area contributed by atoms with Gasteiger partial charge < -0.3 is 4.74 Å². The second kappa shape index (κ2) is 4.42. The van der Waals surface area contributed by atoms with E-state index < -0.39 is 0 Å². The topological polar surface area (TPSA) is 26.3 Å². The number of carbonyl (C=O) groups excluding carboxylic acids is 1. The van der Waals surface area contributed by atoms with E-state index in [0.29, 0.717) is 11.3 Å². The number of ether oxygens (including phenoxy) is 1. The molecule has 1 heterocycles. The molecular weight excluding hydrogens is 292 g/mol. The van der Waals surface area contributed by atoms with Gasteiger partial charge in [-0.25, -0.2) is 4.79 Å². The molecule has 0 atom stereocenters. The quantitative estimate of drug-likeness (QED) is 0.741. The number of hydrogen-bond acceptors (Lipinski definition) is 2. The molecule has 3 rings (SSSR count). The first kappa shape index (κ1) is 11.2. The van der Waals surface area contributed by atoms with Crippen molar-refractivity contribution in [3.63, 3.8) is 0 Å². The van der Waals surface area contributed by atoms with Crippen molar-refractivity contribution in [1.82, 2.24) is 0 Å². The normalized spacial score (nSPS) is 15.6. The molecule has 0 aliphatic carbocycles. The first-order valence-corrected chi connectivity index (χ1v) is 6.32. The van der Waals surface area contributed by atoms with Gasteiger partial charge in [0.1, 0.15) is 5.76 Å². The summed E-state index contributed by atoms with van der Waals surface area (Å²) in [4.78, 5) is 11.7. The van der Waals surface area contributed by atoms with Crippen LogP contribution in [0.25, 0.3) is 11.8 Å². The number of rotatable bonds is 1. The molecule has 0 bridgehead atoms. The molecule has 0 aromatic heterocycles.